The van der Waals surface area contributed by atoms with Crippen molar-refractivity contribution in [2.24, 2.45) is 0 Å². The van der Waals surface area contributed by atoms with Crippen LogP contribution in [0.3, 0.4) is 0 Å². The van der Waals surface area contributed by atoms with Crippen LogP contribution in [0, 0.1) is 0 Å². The molecule has 0 radical (unpaired) electrons. The molecule has 3 aromatic rings. The second-order valence-electron chi connectivity index (χ2n) is 5.23. The van der Waals surface area contributed by atoms with E-state index in [0.29, 0.717) is 6.04 Å². The van der Waals surface area contributed by atoms with Crippen LogP contribution in [0.2, 0.25) is 0 Å². The van der Waals surface area contributed by atoms with E-state index in [9.17, 15) is 0 Å². The molecule has 1 N–H and O–H groups in total. The normalized spacial score (nSPS) is 12.9. The molecule has 0 fully saturated rings. The summed E-state index contributed by atoms with van der Waals surface area (Å²) in [6, 6.07) is 13.0. The van der Waals surface area contributed by atoms with E-state index in [1.165, 1.54) is 22.0 Å². The fourth-order valence-electron chi connectivity index (χ4n) is 2.57. The largest absolute Gasteiger partial charge is 0.361 e. The number of hydrogen-bond acceptors (Lipinski definition) is 2. The number of aromatic nitrogens is 2. The van der Waals surface area contributed by atoms with Crippen molar-refractivity contribution in [3.63, 3.8) is 0 Å². The average molecular weight is 265 g/mol. The van der Waals surface area contributed by atoms with E-state index in [1.54, 1.807) is 0 Å². The number of H-pyrrole nitrogens is 1. The maximum atomic E-state index is 4.21. The van der Waals surface area contributed by atoms with Gasteiger partial charge in [-0.3, -0.25) is 9.88 Å². The SMILES string of the molecule is CC(c1cccnc1)N(C)Cc1cccc2[nH]ccc12. The molecule has 20 heavy (non-hydrogen) atoms. The summed E-state index contributed by atoms with van der Waals surface area (Å²) in [7, 11) is 2.16. The number of nitrogens with one attached hydrogen (secondary N) is 1. The van der Waals surface area contributed by atoms with Gasteiger partial charge in [-0.25, -0.2) is 0 Å². The molecule has 0 aliphatic carbocycles. The lowest BCUT2D eigenvalue weighted by molar-refractivity contribution is 0.253. The van der Waals surface area contributed by atoms with Crippen LogP contribution in [0.1, 0.15) is 24.1 Å². The first kappa shape index (κ1) is 12.9. The van der Waals surface area contributed by atoms with Gasteiger partial charge in [0, 0.05) is 42.1 Å². The first-order valence-electron chi connectivity index (χ1n) is 6.91. The number of hydrogen-bond donors (Lipinski definition) is 1. The van der Waals surface area contributed by atoms with Gasteiger partial charge in [-0.05, 0) is 43.3 Å². The van der Waals surface area contributed by atoms with E-state index in [2.05, 4.69) is 59.2 Å². The van der Waals surface area contributed by atoms with Crippen LogP contribution in [0.25, 0.3) is 10.9 Å². The molecule has 2 aromatic heterocycles. The number of aromatic amines is 1. The second kappa shape index (κ2) is 5.47. The van der Waals surface area contributed by atoms with Gasteiger partial charge in [-0.15, -0.1) is 0 Å². The Bertz CT molecular complexity index is 688. The van der Waals surface area contributed by atoms with Gasteiger partial charge >= 0.3 is 0 Å². The van der Waals surface area contributed by atoms with Crippen LogP contribution in [0.4, 0.5) is 0 Å². The van der Waals surface area contributed by atoms with E-state index < -0.39 is 0 Å². The van der Waals surface area contributed by atoms with Gasteiger partial charge < -0.3 is 4.98 Å². The maximum Gasteiger partial charge on any atom is 0.0457 e. The third kappa shape index (κ3) is 2.45. The zero-order valence-corrected chi connectivity index (χ0v) is 11.9. The highest BCUT2D eigenvalue weighted by atomic mass is 15.1. The molecule has 3 nitrogen and oxygen atoms in total. The monoisotopic (exact) mass is 265 g/mol. The second-order valence-corrected chi connectivity index (χ2v) is 5.23. The third-order valence-corrected chi connectivity index (χ3v) is 3.93. The molecule has 3 heteroatoms. The number of benzene rings is 1. The highest BCUT2D eigenvalue weighted by Crippen LogP contribution is 2.23. The molecule has 102 valence electrons. The van der Waals surface area contributed by atoms with E-state index in [-0.39, 0.29) is 0 Å². The summed E-state index contributed by atoms with van der Waals surface area (Å²) in [5, 5.41) is 1.30. The lowest BCUT2D eigenvalue weighted by atomic mass is 10.1. The quantitative estimate of drug-likeness (QED) is 0.779. The van der Waals surface area contributed by atoms with E-state index in [4.69, 9.17) is 0 Å². The Morgan fingerprint density at radius 1 is 1.20 bits per heavy atom. The molecular weight excluding hydrogens is 246 g/mol. The van der Waals surface area contributed by atoms with E-state index >= 15 is 0 Å². The van der Waals surface area contributed by atoms with Crippen molar-refractivity contribution < 1.29 is 0 Å². The molecule has 0 saturated carbocycles. The van der Waals surface area contributed by atoms with Crippen LogP contribution in [0.15, 0.2) is 55.0 Å². The predicted molar refractivity (Wildman–Crippen MR) is 82.4 cm³/mol. The number of rotatable bonds is 4. The smallest absolute Gasteiger partial charge is 0.0457 e. The van der Waals surface area contributed by atoms with Crippen molar-refractivity contribution in [1.29, 1.82) is 0 Å². The first-order valence-corrected chi connectivity index (χ1v) is 6.91. The standard InChI is InChI=1S/C17H19N3/c1-13(14-6-4-9-18-11-14)20(2)12-15-5-3-7-17-16(15)8-10-19-17/h3-11,13,19H,12H2,1-2H3. The van der Waals surface area contributed by atoms with Crippen molar-refractivity contribution in [1.82, 2.24) is 14.9 Å². The highest BCUT2D eigenvalue weighted by Gasteiger charge is 2.13. The molecular formula is C17H19N3. The van der Waals surface area contributed by atoms with Crippen molar-refractivity contribution in [3.05, 3.63) is 66.1 Å². The summed E-state index contributed by atoms with van der Waals surface area (Å²) in [4.78, 5) is 9.82. The Kier molecular flexibility index (Phi) is 3.52. The Balaban J connectivity index is 1.82. The predicted octanol–water partition coefficient (Wildman–Crippen LogP) is 3.76. The molecule has 0 aliphatic heterocycles. The van der Waals surface area contributed by atoms with Gasteiger partial charge in [0.2, 0.25) is 0 Å². The van der Waals surface area contributed by atoms with Crippen LogP contribution < -0.4 is 0 Å². The fraction of sp³-hybridized carbons (Fsp3) is 0.235. The third-order valence-electron chi connectivity index (χ3n) is 3.93. The van der Waals surface area contributed by atoms with Crippen molar-refractivity contribution in [2.75, 3.05) is 7.05 Å². The van der Waals surface area contributed by atoms with Gasteiger partial charge in [0.05, 0.1) is 0 Å². The Hall–Kier alpha value is -2.13. The maximum absolute atomic E-state index is 4.21. The topological polar surface area (TPSA) is 31.9 Å². The van der Waals surface area contributed by atoms with Crippen LogP contribution in [-0.2, 0) is 6.54 Å². The average Bonchev–Trinajstić information content (AvgIpc) is 2.97. The number of pyridine rings is 1. The van der Waals surface area contributed by atoms with Crippen LogP contribution in [0.5, 0.6) is 0 Å². The van der Waals surface area contributed by atoms with Crippen molar-refractivity contribution in [2.45, 2.75) is 19.5 Å². The van der Waals surface area contributed by atoms with Crippen molar-refractivity contribution in [3.8, 4) is 0 Å². The minimum absolute atomic E-state index is 0.345. The van der Waals surface area contributed by atoms with Gasteiger partial charge in [-0.2, -0.15) is 0 Å². The summed E-state index contributed by atoms with van der Waals surface area (Å²) in [5.74, 6) is 0. The Labute approximate surface area is 119 Å². The molecule has 0 aliphatic rings. The van der Waals surface area contributed by atoms with Gasteiger partial charge in [0.15, 0.2) is 0 Å². The molecule has 1 aromatic carbocycles. The highest BCUT2D eigenvalue weighted by molar-refractivity contribution is 5.82. The van der Waals surface area contributed by atoms with Gasteiger partial charge in [-0.1, -0.05) is 18.2 Å². The summed E-state index contributed by atoms with van der Waals surface area (Å²) in [6.45, 7) is 3.14. The first-order chi connectivity index (χ1) is 9.75. The van der Waals surface area contributed by atoms with Gasteiger partial charge in [0.25, 0.3) is 0 Å². The van der Waals surface area contributed by atoms with Crippen molar-refractivity contribution >= 4 is 10.9 Å². The Morgan fingerprint density at radius 2 is 2.10 bits per heavy atom. The minimum atomic E-state index is 0.345. The molecule has 0 saturated heterocycles. The van der Waals surface area contributed by atoms with Gasteiger partial charge in [0.1, 0.15) is 0 Å². The molecule has 2 heterocycles. The molecule has 0 spiro atoms. The lowest BCUT2D eigenvalue weighted by Crippen LogP contribution is -2.22. The molecule has 1 atom stereocenters. The van der Waals surface area contributed by atoms with Crippen LogP contribution >= 0.6 is 0 Å². The summed E-state index contributed by atoms with van der Waals surface area (Å²) in [5.41, 5.74) is 3.79. The molecule has 0 amide bonds. The molecule has 1 unspecified atom stereocenters. The number of fused-ring (bicyclic) bond motifs is 1. The summed E-state index contributed by atoms with van der Waals surface area (Å²) in [6.07, 6.45) is 5.76. The summed E-state index contributed by atoms with van der Waals surface area (Å²) < 4.78 is 0. The number of nitrogens with zero attached hydrogens (tertiary/aromatic N) is 2. The van der Waals surface area contributed by atoms with E-state index in [0.717, 1.165) is 6.54 Å². The zero-order chi connectivity index (χ0) is 13.9. The zero-order valence-electron chi connectivity index (χ0n) is 11.9. The van der Waals surface area contributed by atoms with E-state index in [1.807, 2.05) is 24.7 Å². The molecule has 0 bridgehead atoms. The summed E-state index contributed by atoms with van der Waals surface area (Å²) >= 11 is 0. The minimum Gasteiger partial charge on any atom is -0.361 e. The lowest BCUT2D eigenvalue weighted by Gasteiger charge is -2.25. The van der Waals surface area contributed by atoms with Crippen LogP contribution in [-0.4, -0.2) is 21.9 Å². The fourth-order valence-corrected chi connectivity index (χ4v) is 2.57. The molecule has 3 rings (SSSR count). The Morgan fingerprint density at radius 3 is 2.90 bits per heavy atom.